The molecule has 0 spiro atoms. The topological polar surface area (TPSA) is 49.4 Å². The van der Waals surface area contributed by atoms with Crippen molar-refractivity contribution in [3.63, 3.8) is 0 Å². The molecule has 0 radical (unpaired) electrons. The molecule has 1 heterocycles. The summed E-state index contributed by atoms with van der Waals surface area (Å²) in [6.07, 6.45) is 5.10. The summed E-state index contributed by atoms with van der Waals surface area (Å²) < 4.78 is 0. The van der Waals surface area contributed by atoms with E-state index in [1.165, 1.54) is 6.42 Å². The summed E-state index contributed by atoms with van der Waals surface area (Å²) in [7, 11) is 0. The molecule has 2 amide bonds. The first kappa shape index (κ1) is 14.4. The maximum absolute atomic E-state index is 12.5. The van der Waals surface area contributed by atoms with Crippen molar-refractivity contribution in [2.75, 3.05) is 0 Å². The van der Waals surface area contributed by atoms with Crippen LogP contribution >= 0.6 is 0 Å². The molecule has 1 N–H and O–H groups in total. The minimum Gasteiger partial charge on any atom is -0.343 e. The quantitative estimate of drug-likeness (QED) is 0.832. The van der Waals surface area contributed by atoms with E-state index >= 15 is 0 Å². The molecule has 108 valence electrons. The average molecular weight is 266 g/mol. The van der Waals surface area contributed by atoms with Gasteiger partial charge in [0.2, 0.25) is 11.8 Å². The summed E-state index contributed by atoms with van der Waals surface area (Å²) in [6.45, 7) is 8.29. The van der Waals surface area contributed by atoms with Gasteiger partial charge in [-0.2, -0.15) is 0 Å². The van der Waals surface area contributed by atoms with E-state index in [2.05, 4.69) is 19.2 Å². The Hall–Kier alpha value is -1.06. The molecule has 1 aliphatic heterocycles. The third-order valence-electron chi connectivity index (χ3n) is 4.58. The highest BCUT2D eigenvalue weighted by Crippen LogP contribution is 2.38. The fourth-order valence-electron chi connectivity index (χ4n) is 3.59. The molecule has 1 saturated carbocycles. The van der Waals surface area contributed by atoms with Gasteiger partial charge in [0, 0.05) is 6.04 Å². The van der Waals surface area contributed by atoms with Crippen molar-refractivity contribution < 1.29 is 9.59 Å². The second kappa shape index (κ2) is 5.14. The summed E-state index contributed by atoms with van der Waals surface area (Å²) in [4.78, 5) is 26.4. The molecule has 1 aliphatic carbocycles. The van der Waals surface area contributed by atoms with Crippen LogP contribution in [0.4, 0.5) is 0 Å². The van der Waals surface area contributed by atoms with E-state index in [1.54, 1.807) is 6.92 Å². The van der Waals surface area contributed by atoms with Crippen molar-refractivity contribution >= 4 is 11.8 Å². The molecule has 4 nitrogen and oxygen atoms in total. The Morgan fingerprint density at radius 2 is 2.05 bits per heavy atom. The molecular formula is C15H26N2O2. The van der Waals surface area contributed by atoms with Gasteiger partial charge in [-0.05, 0) is 38.0 Å². The van der Waals surface area contributed by atoms with Gasteiger partial charge in [-0.3, -0.25) is 9.59 Å². The second-order valence-corrected chi connectivity index (χ2v) is 6.81. The van der Waals surface area contributed by atoms with Crippen molar-refractivity contribution in [2.45, 2.75) is 77.9 Å². The largest absolute Gasteiger partial charge is 0.343 e. The van der Waals surface area contributed by atoms with Gasteiger partial charge < -0.3 is 10.2 Å². The number of rotatable bonds is 2. The van der Waals surface area contributed by atoms with Crippen LogP contribution in [-0.2, 0) is 9.59 Å². The number of nitrogens with one attached hydrogen (secondary N) is 1. The highest BCUT2D eigenvalue weighted by atomic mass is 16.2. The smallest absolute Gasteiger partial charge is 0.245 e. The number of carbonyl (C=O) groups excluding carboxylic acids is 2. The van der Waals surface area contributed by atoms with E-state index in [0.717, 1.165) is 19.3 Å². The zero-order valence-corrected chi connectivity index (χ0v) is 12.5. The zero-order chi connectivity index (χ0) is 14.2. The van der Waals surface area contributed by atoms with Gasteiger partial charge in [0.05, 0.1) is 0 Å². The predicted octanol–water partition coefficient (Wildman–Crippen LogP) is 2.08. The average Bonchev–Trinajstić information content (AvgIpc) is 2.32. The monoisotopic (exact) mass is 266 g/mol. The minimum absolute atomic E-state index is 0.0120. The van der Waals surface area contributed by atoms with Crippen LogP contribution in [0.25, 0.3) is 0 Å². The third kappa shape index (κ3) is 2.77. The van der Waals surface area contributed by atoms with E-state index in [9.17, 15) is 9.59 Å². The van der Waals surface area contributed by atoms with E-state index in [0.29, 0.717) is 6.42 Å². The van der Waals surface area contributed by atoms with Crippen molar-refractivity contribution in [1.29, 1.82) is 0 Å². The Labute approximate surface area is 115 Å². The van der Waals surface area contributed by atoms with E-state index in [1.807, 2.05) is 11.8 Å². The highest BCUT2D eigenvalue weighted by Gasteiger charge is 2.43. The molecule has 0 aromatic heterocycles. The Balaban J connectivity index is 2.23. The fraction of sp³-hybridized carbons (Fsp3) is 0.867. The molecule has 3 atom stereocenters. The van der Waals surface area contributed by atoms with Gasteiger partial charge in [-0.15, -0.1) is 0 Å². The van der Waals surface area contributed by atoms with Crippen LogP contribution in [0.3, 0.4) is 0 Å². The first-order chi connectivity index (χ1) is 8.85. The normalized spacial score (nSPS) is 35.2. The Kier molecular flexibility index (Phi) is 3.88. The SMILES string of the molecule is CCC1C(=O)NC(C)C(=O)N1C1CCCC(C)(C)C1. The minimum atomic E-state index is -0.375. The molecule has 0 aromatic rings. The third-order valence-corrected chi connectivity index (χ3v) is 4.58. The summed E-state index contributed by atoms with van der Waals surface area (Å²) in [5.74, 6) is 0.104. The van der Waals surface area contributed by atoms with Crippen LogP contribution in [0.1, 0.15) is 59.8 Å². The number of amides is 2. The lowest BCUT2D eigenvalue weighted by atomic mass is 9.74. The molecule has 4 heteroatoms. The van der Waals surface area contributed by atoms with Crippen LogP contribution in [0.2, 0.25) is 0 Å². The van der Waals surface area contributed by atoms with Crippen LogP contribution in [0.15, 0.2) is 0 Å². The molecule has 0 bridgehead atoms. The Morgan fingerprint density at radius 3 is 2.63 bits per heavy atom. The summed E-state index contributed by atoms with van der Waals surface area (Å²) >= 11 is 0. The van der Waals surface area contributed by atoms with Crippen LogP contribution < -0.4 is 5.32 Å². The van der Waals surface area contributed by atoms with Gasteiger partial charge in [0.15, 0.2) is 0 Å². The van der Waals surface area contributed by atoms with E-state index in [4.69, 9.17) is 0 Å². The number of carbonyl (C=O) groups is 2. The lowest BCUT2D eigenvalue weighted by Gasteiger charge is -2.47. The number of hydrogen-bond acceptors (Lipinski definition) is 2. The molecule has 2 rings (SSSR count). The van der Waals surface area contributed by atoms with Crippen molar-refractivity contribution in [1.82, 2.24) is 10.2 Å². The van der Waals surface area contributed by atoms with Crippen LogP contribution in [-0.4, -0.2) is 34.8 Å². The summed E-state index contributed by atoms with van der Waals surface area (Å²) in [6, 6.07) is -0.419. The molecule has 0 aromatic carbocycles. The number of hydrogen-bond donors (Lipinski definition) is 1. The molecular weight excluding hydrogens is 240 g/mol. The fourth-order valence-corrected chi connectivity index (χ4v) is 3.59. The van der Waals surface area contributed by atoms with Crippen molar-refractivity contribution in [3.05, 3.63) is 0 Å². The number of nitrogens with zero attached hydrogens (tertiary/aromatic N) is 1. The van der Waals surface area contributed by atoms with Gasteiger partial charge in [-0.1, -0.05) is 27.2 Å². The zero-order valence-electron chi connectivity index (χ0n) is 12.5. The molecule has 1 saturated heterocycles. The molecule has 19 heavy (non-hydrogen) atoms. The Morgan fingerprint density at radius 1 is 1.37 bits per heavy atom. The van der Waals surface area contributed by atoms with Crippen molar-refractivity contribution in [3.8, 4) is 0 Å². The first-order valence-electron chi connectivity index (χ1n) is 7.48. The standard InChI is InChI=1S/C15H26N2O2/c1-5-12-13(18)16-10(2)14(19)17(12)11-7-6-8-15(3,4)9-11/h10-12H,5-9H2,1-4H3,(H,16,18). The summed E-state index contributed by atoms with van der Waals surface area (Å²) in [5.41, 5.74) is 0.276. The maximum atomic E-state index is 12.5. The maximum Gasteiger partial charge on any atom is 0.245 e. The van der Waals surface area contributed by atoms with E-state index in [-0.39, 0.29) is 35.4 Å². The van der Waals surface area contributed by atoms with Gasteiger partial charge in [0.25, 0.3) is 0 Å². The molecule has 2 fully saturated rings. The van der Waals surface area contributed by atoms with Gasteiger partial charge >= 0.3 is 0 Å². The van der Waals surface area contributed by atoms with Crippen LogP contribution in [0, 0.1) is 5.41 Å². The van der Waals surface area contributed by atoms with Crippen molar-refractivity contribution in [2.24, 2.45) is 5.41 Å². The number of piperazine rings is 1. The molecule has 3 unspecified atom stereocenters. The van der Waals surface area contributed by atoms with Gasteiger partial charge in [0.1, 0.15) is 12.1 Å². The summed E-state index contributed by atoms with van der Waals surface area (Å²) in [5, 5.41) is 2.79. The Bertz CT molecular complexity index is 378. The highest BCUT2D eigenvalue weighted by molar-refractivity contribution is 5.96. The lowest BCUT2D eigenvalue weighted by molar-refractivity contribution is -0.153. The predicted molar refractivity (Wildman–Crippen MR) is 74.6 cm³/mol. The second-order valence-electron chi connectivity index (χ2n) is 6.81. The first-order valence-corrected chi connectivity index (χ1v) is 7.48. The van der Waals surface area contributed by atoms with E-state index < -0.39 is 0 Å². The van der Waals surface area contributed by atoms with Crippen LogP contribution in [0.5, 0.6) is 0 Å². The molecule has 2 aliphatic rings. The van der Waals surface area contributed by atoms with Gasteiger partial charge in [-0.25, -0.2) is 0 Å². The lowest BCUT2D eigenvalue weighted by Crippen LogP contribution is -2.65.